The average Bonchev–Trinajstić information content (AvgIpc) is 2.92. The van der Waals surface area contributed by atoms with Gasteiger partial charge in [0.25, 0.3) is 0 Å². The molecule has 1 atom stereocenters. The van der Waals surface area contributed by atoms with Crippen molar-refractivity contribution in [2.45, 2.75) is 17.4 Å². The van der Waals surface area contributed by atoms with Crippen molar-refractivity contribution in [3.05, 3.63) is 49.8 Å². The van der Waals surface area contributed by atoms with Crippen LogP contribution in [0.2, 0.25) is 0 Å². The molecular formula is C16H10Br3NO2S2. The van der Waals surface area contributed by atoms with Crippen LogP contribution < -0.4 is 4.74 Å². The molecule has 0 saturated heterocycles. The Morgan fingerprint density at radius 2 is 1.88 bits per heavy atom. The highest BCUT2D eigenvalue weighted by Crippen LogP contribution is 2.38. The molecule has 0 N–H and O–H groups in total. The second kappa shape index (κ2) is 7.86. The molecule has 0 spiro atoms. The summed E-state index contributed by atoms with van der Waals surface area (Å²) in [6, 6.07) is 11.6. The zero-order valence-electron chi connectivity index (χ0n) is 12.3. The van der Waals surface area contributed by atoms with E-state index in [9.17, 15) is 4.79 Å². The van der Waals surface area contributed by atoms with Crippen LogP contribution in [0.15, 0.2) is 54.2 Å². The zero-order chi connectivity index (χ0) is 17.3. The number of rotatable bonds is 4. The predicted molar refractivity (Wildman–Crippen MR) is 110 cm³/mol. The van der Waals surface area contributed by atoms with Crippen LogP contribution in [0.4, 0.5) is 0 Å². The van der Waals surface area contributed by atoms with E-state index in [-0.39, 0.29) is 5.12 Å². The molecule has 3 aromatic rings. The first-order chi connectivity index (χ1) is 11.4. The Hall–Kier alpha value is -0.410. The molecule has 1 aromatic heterocycles. The molecule has 0 saturated carbocycles. The smallest absolute Gasteiger partial charge is 0.236 e. The lowest BCUT2D eigenvalue weighted by Gasteiger charge is -2.15. The number of aromatic nitrogens is 1. The number of thioether (sulfide) groups is 1. The Morgan fingerprint density at radius 3 is 2.54 bits per heavy atom. The highest BCUT2D eigenvalue weighted by molar-refractivity contribution is 9.11. The lowest BCUT2D eigenvalue weighted by molar-refractivity contribution is -0.116. The zero-order valence-corrected chi connectivity index (χ0v) is 18.6. The van der Waals surface area contributed by atoms with Gasteiger partial charge in [0.2, 0.25) is 5.12 Å². The lowest BCUT2D eigenvalue weighted by atomic mass is 10.3. The van der Waals surface area contributed by atoms with E-state index in [1.165, 1.54) is 11.3 Å². The van der Waals surface area contributed by atoms with E-state index >= 15 is 0 Å². The quantitative estimate of drug-likeness (QED) is 0.339. The van der Waals surface area contributed by atoms with Crippen LogP contribution >= 0.6 is 70.9 Å². The lowest BCUT2D eigenvalue weighted by Crippen LogP contribution is -2.21. The van der Waals surface area contributed by atoms with Crippen LogP contribution in [0, 0.1) is 0 Å². The van der Waals surface area contributed by atoms with Gasteiger partial charge in [0.15, 0.2) is 10.4 Å². The molecule has 0 aliphatic rings. The fourth-order valence-corrected chi connectivity index (χ4v) is 6.29. The second-order valence-electron chi connectivity index (χ2n) is 4.83. The van der Waals surface area contributed by atoms with Crippen LogP contribution in [0.5, 0.6) is 5.75 Å². The maximum absolute atomic E-state index is 12.4. The third-order valence-corrected chi connectivity index (χ3v) is 6.82. The van der Waals surface area contributed by atoms with Gasteiger partial charge in [-0.15, -0.1) is 11.3 Å². The van der Waals surface area contributed by atoms with Crippen LogP contribution in [0.1, 0.15) is 6.92 Å². The highest BCUT2D eigenvalue weighted by Gasteiger charge is 2.21. The van der Waals surface area contributed by atoms with Gasteiger partial charge in [0, 0.05) is 4.47 Å². The number of halogens is 3. The summed E-state index contributed by atoms with van der Waals surface area (Å²) in [6.07, 6.45) is -0.601. The molecule has 3 rings (SSSR count). The first kappa shape index (κ1) is 18.4. The summed E-state index contributed by atoms with van der Waals surface area (Å²) in [5.74, 6) is 0.601. The van der Waals surface area contributed by atoms with Gasteiger partial charge in [-0.3, -0.25) is 4.79 Å². The first-order valence-electron chi connectivity index (χ1n) is 6.82. The van der Waals surface area contributed by atoms with Crippen molar-refractivity contribution in [3.8, 4) is 5.75 Å². The Labute approximate surface area is 172 Å². The Bertz CT molecular complexity index is 857. The molecule has 0 aliphatic heterocycles. The summed E-state index contributed by atoms with van der Waals surface area (Å²) in [7, 11) is 0. The maximum atomic E-state index is 12.4. The molecule has 24 heavy (non-hydrogen) atoms. The number of ether oxygens (including phenoxy) is 1. The average molecular weight is 552 g/mol. The monoisotopic (exact) mass is 549 g/mol. The van der Waals surface area contributed by atoms with Crippen LogP contribution in [-0.2, 0) is 4.79 Å². The largest absolute Gasteiger partial charge is 0.480 e. The minimum atomic E-state index is -0.601. The van der Waals surface area contributed by atoms with E-state index in [0.29, 0.717) is 5.75 Å². The number of carbonyl (C=O) groups excluding carboxylic acids is 1. The molecule has 124 valence electrons. The number of benzene rings is 2. The Kier molecular flexibility index (Phi) is 6.02. The van der Waals surface area contributed by atoms with Crippen molar-refractivity contribution < 1.29 is 9.53 Å². The number of nitrogens with zero attached hydrogens (tertiary/aromatic N) is 1. The summed E-state index contributed by atoms with van der Waals surface area (Å²) in [5.41, 5.74) is 0.907. The molecule has 0 fully saturated rings. The third kappa shape index (κ3) is 4.22. The van der Waals surface area contributed by atoms with Gasteiger partial charge >= 0.3 is 0 Å². The van der Waals surface area contributed by atoms with Gasteiger partial charge in [-0.25, -0.2) is 4.98 Å². The molecule has 0 aliphatic carbocycles. The van der Waals surface area contributed by atoms with Crippen molar-refractivity contribution in [2.24, 2.45) is 0 Å². The molecule has 1 unspecified atom stereocenters. The Balaban J connectivity index is 1.73. The highest BCUT2D eigenvalue weighted by atomic mass is 79.9. The molecule has 0 radical (unpaired) electrons. The normalized spacial score (nSPS) is 12.3. The molecular weight excluding hydrogens is 542 g/mol. The summed E-state index contributed by atoms with van der Waals surface area (Å²) in [4.78, 5) is 16.9. The number of hydrogen-bond acceptors (Lipinski definition) is 5. The van der Waals surface area contributed by atoms with E-state index in [2.05, 4.69) is 52.8 Å². The fourth-order valence-electron chi connectivity index (χ4n) is 1.93. The van der Waals surface area contributed by atoms with Gasteiger partial charge in [0.05, 0.1) is 19.2 Å². The van der Waals surface area contributed by atoms with Crippen LogP contribution in [0.25, 0.3) is 10.2 Å². The van der Waals surface area contributed by atoms with E-state index in [1.807, 2.05) is 36.4 Å². The van der Waals surface area contributed by atoms with E-state index in [1.54, 1.807) is 6.92 Å². The number of carbonyl (C=O) groups is 1. The van der Waals surface area contributed by atoms with Crippen molar-refractivity contribution in [1.82, 2.24) is 4.98 Å². The molecule has 0 bridgehead atoms. The number of fused-ring (bicyclic) bond motifs is 1. The number of thiazole rings is 1. The summed E-state index contributed by atoms with van der Waals surface area (Å²) >= 11 is 12.9. The molecule has 1 heterocycles. The van der Waals surface area contributed by atoms with Crippen molar-refractivity contribution in [1.29, 1.82) is 0 Å². The summed E-state index contributed by atoms with van der Waals surface area (Å²) in [6.45, 7) is 1.74. The van der Waals surface area contributed by atoms with E-state index in [0.717, 1.165) is 39.7 Å². The molecule has 2 aromatic carbocycles. The van der Waals surface area contributed by atoms with Gasteiger partial charge in [-0.05, 0) is 74.8 Å². The second-order valence-corrected chi connectivity index (χ2v) is 9.73. The van der Waals surface area contributed by atoms with Crippen molar-refractivity contribution >= 4 is 86.2 Å². The molecule has 0 amide bonds. The van der Waals surface area contributed by atoms with Gasteiger partial charge in [-0.2, -0.15) is 0 Å². The minimum Gasteiger partial charge on any atom is -0.480 e. The maximum Gasteiger partial charge on any atom is 0.236 e. The van der Waals surface area contributed by atoms with Crippen LogP contribution in [0.3, 0.4) is 0 Å². The first-order valence-corrected chi connectivity index (χ1v) is 10.8. The topological polar surface area (TPSA) is 39.2 Å². The third-order valence-electron chi connectivity index (χ3n) is 3.05. The van der Waals surface area contributed by atoms with Gasteiger partial charge < -0.3 is 4.74 Å². The SMILES string of the molecule is CC(Oc1c(Br)cc(Br)cc1Br)C(=O)Sc1nc2ccccc2s1. The van der Waals surface area contributed by atoms with Crippen LogP contribution in [-0.4, -0.2) is 16.2 Å². The van der Waals surface area contributed by atoms with E-state index < -0.39 is 6.10 Å². The molecule has 3 nitrogen and oxygen atoms in total. The van der Waals surface area contributed by atoms with Gasteiger partial charge in [0.1, 0.15) is 5.75 Å². The van der Waals surface area contributed by atoms with Crippen molar-refractivity contribution in [3.63, 3.8) is 0 Å². The number of para-hydroxylation sites is 1. The van der Waals surface area contributed by atoms with Gasteiger partial charge in [-0.1, -0.05) is 28.1 Å². The minimum absolute atomic E-state index is 0.0872. The standard InChI is InChI=1S/C16H10Br3NO2S2/c1-8(22-14-10(18)6-9(17)7-11(14)19)15(21)24-16-20-12-4-2-3-5-13(12)23-16/h2-8H,1H3. The van der Waals surface area contributed by atoms with Crippen molar-refractivity contribution in [2.75, 3.05) is 0 Å². The summed E-state index contributed by atoms with van der Waals surface area (Å²) < 4.78 is 10.1. The fraction of sp³-hybridized carbons (Fsp3) is 0.125. The number of hydrogen-bond donors (Lipinski definition) is 0. The predicted octanol–water partition coefficient (Wildman–Crippen LogP) is 6.67. The summed E-state index contributed by atoms with van der Waals surface area (Å²) in [5, 5.41) is -0.0872. The Morgan fingerprint density at radius 1 is 1.21 bits per heavy atom. The molecule has 8 heteroatoms. The van der Waals surface area contributed by atoms with E-state index in [4.69, 9.17) is 4.74 Å².